The van der Waals surface area contributed by atoms with E-state index in [1.807, 2.05) is 18.2 Å². The number of thiazole rings is 1. The summed E-state index contributed by atoms with van der Waals surface area (Å²) in [7, 11) is 3.53. The van der Waals surface area contributed by atoms with Crippen LogP contribution in [0, 0.1) is 0 Å². The van der Waals surface area contributed by atoms with E-state index in [0.717, 1.165) is 16.1 Å². The van der Waals surface area contributed by atoms with Gasteiger partial charge in [0.05, 0.1) is 24.4 Å². The fourth-order valence-corrected chi connectivity index (χ4v) is 3.89. The van der Waals surface area contributed by atoms with Crippen LogP contribution < -0.4 is 14.4 Å². The molecule has 2 atom stereocenters. The molecule has 0 aliphatic heterocycles. The quantitative estimate of drug-likeness (QED) is 0.680. The van der Waals surface area contributed by atoms with Gasteiger partial charge < -0.3 is 14.4 Å². The zero-order valence-corrected chi connectivity index (χ0v) is 15.6. The van der Waals surface area contributed by atoms with E-state index in [0.29, 0.717) is 12.3 Å². The molecule has 0 saturated carbocycles. The van der Waals surface area contributed by atoms with Gasteiger partial charge in [0.2, 0.25) is 0 Å². The van der Waals surface area contributed by atoms with Crippen molar-refractivity contribution < 1.29 is 23.2 Å². The fraction of sp³-hybridized carbons (Fsp3) is 0.316. The first-order chi connectivity index (χ1) is 12.5. The molecular formula is C19H21F2N2O2S+. The van der Waals surface area contributed by atoms with Crippen LogP contribution in [0.15, 0.2) is 42.5 Å². The lowest BCUT2D eigenvalue weighted by Crippen LogP contribution is -3.07. The molecule has 0 aliphatic carbocycles. The van der Waals surface area contributed by atoms with Gasteiger partial charge in [-0.15, -0.1) is 11.3 Å². The summed E-state index contributed by atoms with van der Waals surface area (Å²) in [5, 5.41) is 1.08. The number of nitrogens with zero attached hydrogens (tertiary/aromatic N) is 1. The number of halogens is 2. The van der Waals surface area contributed by atoms with E-state index in [2.05, 4.69) is 24.8 Å². The maximum atomic E-state index is 12.4. The second-order valence-corrected chi connectivity index (χ2v) is 7.19. The summed E-state index contributed by atoms with van der Waals surface area (Å²) < 4.78 is 35.7. The Hall–Kier alpha value is -2.25. The Labute approximate surface area is 155 Å². The number of alkyl halides is 2. The summed E-state index contributed by atoms with van der Waals surface area (Å²) >= 11 is 1.70. The normalized spacial score (nSPS) is 13.8. The standard InChI is InChI=1S/C19H20F2N2O2S/c1-12(18-22-14-6-4-5-7-17(14)26-18)23(2)11-13-8-9-15(25-19(20)21)16(10-13)24-3/h4-10,12,19H,11H2,1-3H3/p+1/t12-/m1/s1. The topological polar surface area (TPSA) is 35.8 Å². The molecule has 1 aromatic heterocycles. The van der Waals surface area contributed by atoms with E-state index < -0.39 is 6.61 Å². The number of hydrogen-bond donors (Lipinski definition) is 1. The number of benzene rings is 2. The first-order valence-corrected chi connectivity index (χ1v) is 9.09. The van der Waals surface area contributed by atoms with Crippen LogP contribution in [0.25, 0.3) is 10.2 Å². The van der Waals surface area contributed by atoms with Crippen LogP contribution in [0.4, 0.5) is 8.78 Å². The summed E-state index contributed by atoms with van der Waals surface area (Å²) in [5.74, 6) is 0.353. The van der Waals surface area contributed by atoms with Crippen molar-refractivity contribution in [3.63, 3.8) is 0 Å². The number of quaternary nitrogens is 1. The molecule has 0 saturated heterocycles. The lowest BCUT2D eigenvalue weighted by molar-refractivity contribution is -0.923. The summed E-state index contributed by atoms with van der Waals surface area (Å²) in [6, 6.07) is 13.4. The van der Waals surface area contributed by atoms with Crippen molar-refractivity contribution in [3.05, 3.63) is 53.0 Å². The van der Waals surface area contributed by atoms with Gasteiger partial charge in [0, 0.05) is 5.56 Å². The lowest BCUT2D eigenvalue weighted by atomic mass is 10.1. The van der Waals surface area contributed by atoms with Crippen LogP contribution in [0.2, 0.25) is 0 Å². The van der Waals surface area contributed by atoms with Crippen molar-refractivity contribution in [3.8, 4) is 11.5 Å². The highest BCUT2D eigenvalue weighted by molar-refractivity contribution is 7.18. The van der Waals surface area contributed by atoms with Crippen LogP contribution >= 0.6 is 11.3 Å². The minimum absolute atomic E-state index is 0.0446. The Kier molecular flexibility index (Phi) is 5.68. The molecule has 0 amide bonds. The van der Waals surface area contributed by atoms with Gasteiger partial charge in [0.25, 0.3) is 0 Å². The first-order valence-electron chi connectivity index (χ1n) is 8.27. The molecule has 138 valence electrons. The van der Waals surface area contributed by atoms with E-state index >= 15 is 0 Å². The molecule has 0 bridgehead atoms. The number of ether oxygens (including phenoxy) is 2. The molecule has 0 fully saturated rings. The zero-order chi connectivity index (χ0) is 18.7. The van der Waals surface area contributed by atoms with E-state index in [-0.39, 0.29) is 11.8 Å². The van der Waals surface area contributed by atoms with Crippen molar-refractivity contribution in [2.75, 3.05) is 14.2 Å². The smallest absolute Gasteiger partial charge is 0.387 e. The molecule has 0 spiro atoms. The third-order valence-corrected chi connectivity index (χ3v) is 5.57. The number of aromatic nitrogens is 1. The second kappa shape index (κ2) is 7.97. The largest absolute Gasteiger partial charge is 0.493 e. The molecule has 7 heteroatoms. The maximum Gasteiger partial charge on any atom is 0.387 e. The first kappa shape index (κ1) is 18.5. The molecule has 1 unspecified atom stereocenters. The monoisotopic (exact) mass is 379 g/mol. The maximum absolute atomic E-state index is 12.4. The van der Waals surface area contributed by atoms with E-state index in [1.165, 1.54) is 22.8 Å². The Balaban J connectivity index is 1.75. The second-order valence-electron chi connectivity index (χ2n) is 6.13. The Morgan fingerprint density at radius 3 is 2.62 bits per heavy atom. The summed E-state index contributed by atoms with van der Waals surface area (Å²) in [4.78, 5) is 5.97. The van der Waals surface area contributed by atoms with Crippen molar-refractivity contribution in [2.24, 2.45) is 0 Å². The minimum Gasteiger partial charge on any atom is -0.493 e. The molecule has 0 radical (unpaired) electrons. The molecule has 2 aromatic carbocycles. The molecule has 3 rings (SSSR count). The SMILES string of the molecule is COc1cc(C[NH+](C)[C@H](C)c2nc3ccccc3s2)ccc1OC(F)F. The number of nitrogens with one attached hydrogen (secondary N) is 1. The average Bonchev–Trinajstić information content (AvgIpc) is 3.05. The molecule has 26 heavy (non-hydrogen) atoms. The molecule has 3 aromatic rings. The Morgan fingerprint density at radius 1 is 1.15 bits per heavy atom. The molecular weight excluding hydrogens is 358 g/mol. The summed E-state index contributed by atoms with van der Waals surface area (Å²) in [5.41, 5.74) is 2.00. The molecule has 1 heterocycles. The average molecular weight is 379 g/mol. The predicted octanol–water partition coefficient (Wildman–Crippen LogP) is 3.68. The van der Waals surface area contributed by atoms with Crippen molar-refractivity contribution in [2.45, 2.75) is 26.1 Å². The molecule has 4 nitrogen and oxygen atoms in total. The highest BCUT2D eigenvalue weighted by Gasteiger charge is 2.21. The van der Waals surface area contributed by atoms with Crippen LogP contribution in [-0.2, 0) is 6.54 Å². The van der Waals surface area contributed by atoms with Crippen molar-refractivity contribution in [1.82, 2.24) is 4.98 Å². The highest BCUT2D eigenvalue weighted by Crippen LogP contribution is 2.29. The van der Waals surface area contributed by atoms with E-state index in [1.54, 1.807) is 23.5 Å². The highest BCUT2D eigenvalue weighted by atomic mass is 32.1. The lowest BCUT2D eigenvalue weighted by Gasteiger charge is -2.20. The number of rotatable bonds is 7. The number of methoxy groups -OCH3 is 1. The third kappa shape index (κ3) is 4.11. The van der Waals surface area contributed by atoms with Gasteiger partial charge in [-0.25, -0.2) is 4.98 Å². The molecule has 1 N–H and O–H groups in total. The van der Waals surface area contributed by atoms with Gasteiger partial charge in [0.1, 0.15) is 12.6 Å². The van der Waals surface area contributed by atoms with Gasteiger partial charge in [0.15, 0.2) is 16.5 Å². The Bertz CT molecular complexity index is 852. The minimum atomic E-state index is -2.87. The number of para-hydroxylation sites is 1. The third-order valence-electron chi connectivity index (χ3n) is 4.35. The van der Waals surface area contributed by atoms with Crippen molar-refractivity contribution >= 4 is 21.6 Å². The summed E-state index contributed by atoms with van der Waals surface area (Å²) in [6.07, 6.45) is 0. The molecule has 0 aliphatic rings. The van der Waals surface area contributed by atoms with E-state index in [4.69, 9.17) is 9.72 Å². The Morgan fingerprint density at radius 2 is 1.92 bits per heavy atom. The van der Waals surface area contributed by atoms with Gasteiger partial charge in [-0.1, -0.05) is 12.1 Å². The van der Waals surface area contributed by atoms with Crippen molar-refractivity contribution in [1.29, 1.82) is 0 Å². The van der Waals surface area contributed by atoms with Gasteiger partial charge in [-0.3, -0.25) is 0 Å². The number of fused-ring (bicyclic) bond motifs is 1. The summed E-state index contributed by atoms with van der Waals surface area (Å²) in [6.45, 7) is -0.0249. The number of hydrogen-bond acceptors (Lipinski definition) is 4. The van der Waals surface area contributed by atoms with Gasteiger partial charge in [-0.2, -0.15) is 8.78 Å². The predicted molar refractivity (Wildman–Crippen MR) is 98.3 cm³/mol. The van der Waals surface area contributed by atoms with Crippen LogP contribution in [0.5, 0.6) is 11.5 Å². The van der Waals surface area contributed by atoms with Gasteiger partial charge >= 0.3 is 6.61 Å². The van der Waals surface area contributed by atoms with Gasteiger partial charge in [-0.05, 0) is 37.3 Å². The van der Waals surface area contributed by atoms with E-state index in [9.17, 15) is 8.78 Å². The van der Waals surface area contributed by atoms with Crippen LogP contribution in [-0.4, -0.2) is 25.8 Å². The zero-order valence-electron chi connectivity index (χ0n) is 14.8. The fourth-order valence-electron chi connectivity index (χ4n) is 2.78. The van der Waals surface area contributed by atoms with Crippen LogP contribution in [0.1, 0.15) is 23.5 Å². The van der Waals surface area contributed by atoms with Crippen LogP contribution in [0.3, 0.4) is 0 Å².